The van der Waals surface area contributed by atoms with E-state index in [0.717, 1.165) is 34.4 Å². The first-order valence-electron chi connectivity index (χ1n) is 8.76. The molecule has 0 radical (unpaired) electrons. The molecule has 0 N–H and O–H groups in total. The van der Waals surface area contributed by atoms with E-state index < -0.39 is 0 Å². The van der Waals surface area contributed by atoms with Gasteiger partial charge in [0.2, 0.25) is 0 Å². The number of aryl methyl sites for hydroxylation is 1. The number of hydrogen-bond donors (Lipinski definition) is 0. The molecule has 0 aliphatic rings. The van der Waals surface area contributed by atoms with Crippen molar-refractivity contribution in [3.63, 3.8) is 0 Å². The lowest BCUT2D eigenvalue weighted by Crippen LogP contribution is -2.02. The highest BCUT2D eigenvalue weighted by molar-refractivity contribution is 6.30. The van der Waals surface area contributed by atoms with E-state index in [1.807, 2.05) is 43.3 Å². The van der Waals surface area contributed by atoms with Gasteiger partial charge < -0.3 is 4.74 Å². The number of halogens is 1. The molecule has 3 rings (SSSR count). The second-order valence-corrected chi connectivity index (χ2v) is 6.55. The molecule has 3 aromatic rings. The quantitative estimate of drug-likeness (QED) is 0.391. The summed E-state index contributed by atoms with van der Waals surface area (Å²) in [5, 5.41) is 3.07. The number of ether oxygens (including phenoxy) is 1. The molecule has 0 spiro atoms. The van der Waals surface area contributed by atoms with Gasteiger partial charge in [0.05, 0.1) is 6.61 Å². The van der Waals surface area contributed by atoms with Crippen molar-refractivity contribution in [2.45, 2.75) is 19.8 Å². The Balaban J connectivity index is 1.88. The van der Waals surface area contributed by atoms with Crippen LogP contribution in [0.5, 0.6) is 0 Å². The molecule has 2 nitrogen and oxygen atoms in total. The van der Waals surface area contributed by atoms with E-state index in [0.29, 0.717) is 6.61 Å². The SMILES string of the molecule is CCOC(=O)/C=C(\CCc1ccc(Cl)cc1)c1ccc2ccccc2c1. The Labute approximate surface area is 159 Å². The topological polar surface area (TPSA) is 26.3 Å². The van der Waals surface area contributed by atoms with Crippen molar-refractivity contribution in [3.05, 3.63) is 89.0 Å². The summed E-state index contributed by atoms with van der Waals surface area (Å²) >= 11 is 5.96. The van der Waals surface area contributed by atoms with E-state index in [1.165, 1.54) is 10.9 Å². The van der Waals surface area contributed by atoms with Crippen LogP contribution in [0, 0.1) is 0 Å². The first kappa shape index (κ1) is 18.2. The molecule has 0 aromatic heterocycles. The third-order valence-corrected chi connectivity index (χ3v) is 4.55. The van der Waals surface area contributed by atoms with E-state index in [2.05, 4.69) is 30.3 Å². The second kappa shape index (κ2) is 8.68. The van der Waals surface area contributed by atoms with Crippen LogP contribution in [0.2, 0.25) is 5.02 Å². The van der Waals surface area contributed by atoms with Gasteiger partial charge in [0.1, 0.15) is 0 Å². The van der Waals surface area contributed by atoms with Gasteiger partial charge in [-0.15, -0.1) is 0 Å². The van der Waals surface area contributed by atoms with E-state index in [-0.39, 0.29) is 5.97 Å². The van der Waals surface area contributed by atoms with Crippen LogP contribution in [0.3, 0.4) is 0 Å². The number of hydrogen-bond acceptors (Lipinski definition) is 2. The standard InChI is InChI=1S/C23H21ClO2/c1-2-26-23(25)16-21(10-7-17-8-13-22(24)14-9-17)20-12-11-18-5-3-4-6-19(18)15-20/h3-6,8-9,11-16H,2,7,10H2,1H3/b21-16+. The van der Waals surface area contributed by atoms with Gasteiger partial charge in [-0.2, -0.15) is 0 Å². The molecule has 3 aromatic carbocycles. The number of allylic oxidation sites excluding steroid dienone is 1. The molecule has 0 heterocycles. The normalized spacial score (nSPS) is 11.5. The molecule has 0 aliphatic heterocycles. The molecule has 0 fully saturated rings. The first-order chi connectivity index (χ1) is 12.7. The van der Waals surface area contributed by atoms with E-state index >= 15 is 0 Å². The minimum absolute atomic E-state index is 0.299. The van der Waals surface area contributed by atoms with Crippen molar-refractivity contribution >= 4 is 33.9 Å². The summed E-state index contributed by atoms with van der Waals surface area (Å²) in [6.07, 6.45) is 3.19. The predicted octanol–water partition coefficient (Wildman–Crippen LogP) is 6.07. The summed E-state index contributed by atoms with van der Waals surface area (Å²) in [6.45, 7) is 2.19. The zero-order chi connectivity index (χ0) is 18.4. The highest BCUT2D eigenvalue weighted by Gasteiger charge is 2.08. The van der Waals surface area contributed by atoms with Gasteiger partial charge in [0.15, 0.2) is 0 Å². The molecule has 3 heteroatoms. The Kier molecular flexibility index (Phi) is 6.08. The molecule has 26 heavy (non-hydrogen) atoms. The van der Waals surface area contributed by atoms with Gasteiger partial charge in [-0.3, -0.25) is 0 Å². The first-order valence-corrected chi connectivity index (χ1v) is 9.14. The fourth-order valence-electron chi connectivity index (χ4n) is 2.95. The zero-order valence-electron chi connectivity index (χ0n) is 14.7. The largest absolute Gasteiger partial charge is 0.463 e. The van der Waals surface area contributed by atoms with E-state index in [4.69, 9.17) is 16.3 Å². The van der Waals surface area contributed by atoms with Crippen LogP contribution in [0.15, 0.2) is 72.8 Å². The van der Waals surface area contributed by atoms with Crippen LogP contribution in [0.4, 0.5) is 0 Å². The lowest BCUT2D eigenvalue weighted by molar-refractivity contribution is -0.137. The summed E-state index contributed by atoms with van der Waals surface area (Å²) in [5.74, 6) is -0.299. The molecule has 0 unspecified atom stereocenters. The van der Waals surface area contributed by atoms with Crippen LogP contribution in [0.25, 0.3) is 16.3 Å². The molecule has 132 valence electrons. The maximum Gasteiger partial charge on any atom is 0.331 e. The Morgan fingerprint density at radius 1 is 1.00 bits per heavy atom. The smallest absolute Gasteiger partial charge is 0.331 e. The molecule has 0 amide bonds. The lowest BCUT2D eigenvalue weighted by atomic mass is 9.96. The summed E-state index contributed by atoms with van der Waals surface area (Å²) in [5.41, 5.74) is 3.21. The van der Waals surface area contributed by atoms with Gasteiger partial charge in [0.25, 0.3) is 0 Å². The minimum Gasteiger partial charge on any atom is -0.463 e. The average Bonchev–Trinajstić information content (AvgIpc) is 2.66. The molecule has 0 bridgehead atoms. The number of rotatable bonds is 6. The Morgan fingerprint density at radius 3 is 2.46 bits per heavy atom. The highest BCUT2D eigenvalue weighted by atomic mass is 35.5. The van der Waals surface area contributed by atoms with Crippen LogP contribution < -0.4 is 0 Å². The van der Waals surface area contributed by atoms with Gasteiger partial charge >= 0.3 is 5.97 Å². The van der Waals surface area contributed by atoms with Crippen molar-refractivity contribution in [2.75, 3.05) is 6.61 Å². The fraction of sp³-hybridized carbons (Fsp3) is 0.174. The number of carbonyl (C=O) groups is 1. The molecule has 0 saturated heterocycles. The molecule has 0 aliphatic carbocycles. The summed E-state index contributed by atoms with van der Waals surface area (Å²) in [4.78, 5) is 12.0. The highest BCUT2D eigenvalue weighted by Crippen LogP contribution is 2.25. The molecule has 0 saturated carbocycles. The van der Waals surface area contributed by atoms with Gasteiger partial charge in [0, 0.05) is 11.1 Å². The van der Waals surface area contributed by atoms with Crippen molar-refractivity contribution in [1.82, 2.24) is 0 Å². The van der Waals surface area contributed by atoms with Crippen LogP contribution in [0.1, 0.15) is 24.5 Å². The van der Waals surface area contributed by atoms with Gasteiger partial charge in [-0.1, -0.05) is 60.1 Å². The monoisotopic (exact) mass is 364 g/mol. The molecular weight excluding hydrogens is 344 g/mol. The number of benzene rings is 3. The Bertz CT molecular complexity index is 926. The molecule has 0 atom stereocenters. The average molecular weight is 365 g/mol. The van der Waals surface area contributed by atoms with Gasteiger partial charge in [-0.05, 0) is 65.4 Å². The van der Waals surface area contributed by atoms with E-state index in [9.17, 15) is 4.79 Å². The number of fused-ring (bicyclic) bond motifs is 1. The third-order valence-electron chi connectivity index (χ3n) is 4.30. The van der Waals surface area contributed by atoms with Crippen molar-refractivity contribution < 1.29 is 9.53 Å². The van der Waals surface area contributed by atoms with Crippen LogP contribution in [-0.2, 0) is 16.0 Å². The number of esters is 1. The second-order valence-electron chi connectivity index (χ2n) is 6.11. The summed E-state index contributed by atoms with van der Waals surface area (Å²) in [7, 11) is 0. The van der Waals surface area contributed by atoms with E-state index in [1.54, 1.807) is 6.08 Å². The molecular formula is C23H21ClO2. The predicted molar refractivity (Wildman–Crippen MR) is 108 cm³/mol. The summed E-state index contributed by atoms with van der Waals surface area (Å²) < 4.78 is 5.12. The minimum atomic E-state index is -0.299. The van der Waals surface area contributed by atoms with Crippen molar-refractivity contribution in [3.8, 4) is 0 Å². The number of carbonyl (C=O) groups excluding carboxylic acids is 1. The third kappa shape index (κ3) is 4.74. The Morgan fingerprint density at radius 2 is 1.73 bits per heavy atom. The Hall–Kier alpha value is -2.58. The fourth-order valence-corrected chi connectivity index (χ4v) is 3.07. The zero-order valence-corrected chi connectivity index (χ0v) is 15.5. The maximum atomic E-state index is 12.0. The summed E-state index contributed by atoms with van der Waals surface area (Å²) in [6, 6.07) is 22.3. The maximum absolute atomic E-state index is 12.0. The van der Waals surface area contributed by atoms with Crippen molar-refractivity contribution in [2.24, 2.45) is 0 Å². The van der Waals surface area contributed by atoms with Crippen LogP contribution in [-0.4, -0.2) is 12.6 Å². The van der Waals surface area contributed by atoms with Gasteiger partial charge in [-0.25, -0.2) is 4.79 Å². The van der Waals surface area contributed by atoms with Crippen LogP contribution >= 0.6 is 11.6 Å². The lowest BCUT2D eigenvalue weighted by Gasteiger charge is -2.10. The van der Waals surface area contributed by atoms with Crippen molar-refractivity contribution in [1.29, 1.82) is 0 Å².